The predicted molar refractivity (Wildman–Crippen MR) is 68.6 cm³/mol. The molecule has 0 saturated carbocycles. The third-order valence-electron chi connectivity index (χ3n) is 3.34. The molecule has 2 amide bonds. The Bertz CT molecular complexity index is 583. The molecule has 1 aromatic rings. The van der Waals surface area contributed by atoms with E-state index in [1.165, 1.54) is 5.32 Å². The van der Waals surface area contributed by atoms with Crippen molar-refractivity contribution in [2.75, 3.05) is 11.4 Å². The molecule has 2 N–H and O–H groups in total. The van der Waals surface area contributed by atoms with E-state index in [0.29, 0.717) is 5.69 Å². The topological polar surface area (TPSA) is 94.1 Å². The van der Waals surface area contributed by atoms with E-state index in [-0.39, 0.29) is 24.8 Å². The van der Waals surface area contributed by atoms with Crippen LogP contribution in [0.25, 0.3) is 0 Å². The lowest BCUT2D eigenvalue weighted by atomic mass is 10.1. The lowest BCUT2D eigenvalue weighted by molar-refractivity contribution is -0.669. The fourth-order valence-electron chi connectivity index (χ4n) is 2.39. The molecule has 0 aliphatic carbocycles. The highest BCUT2D eigenvalue weighted by Crippen LogP contribution is 2.26. The molecule has 0 aromatic heterocycles. The smallest absolute Gasteiger partial charge is 0.292 e. The largest absolute Gasteiger partial charge is 0.544 e. The third kappa shape index (κ3) is 2.70. The van der Waals surface area contributed by atoms with Gasteiger partial charge >= 0.3 is 0 Å². The predicted octanol–water partition coefficient (Wildman–Crippen LogP) is -1.75. The number of carbonyl (C=O) groups is 3. The van der Waals surface area contributed by atoms with Crippen molar-refractivity contribution in [3.05, 3.63) is 29.3 Å². The van der Waals surface area contributed by atoms with Gasteiger partial charge in [0.05, 0.1) is 18.1 Å². The van der Waals surface area contributed by atoms with E-state index in [1.807, 2.05) is 26.0 Å². The summed E-state index contributed by atoms with van der Waals surface area (Å²) in [7, 11) is 0. The van der Waals surface area contributed by atoms with Crippen LogP contribution < -0.4 is 15.3 Å². The van der Waals surface area contributed by atoms with Crippen molar-refractivity contribution >= 4 is 23.5 Å². The first-order chi connectivity index (χ1) is 9.40. The second-order valence-electron chi connectivity index (χ2n) is 4.98. The molecule has 1 fully saturated rings. The minimum atomic E-state index is -1.25. The molecule has 0 bridgehead atoms. The number of hydrogen-bond acceptors (Lipinski definition) is 4. The highest BCUT2D eigenvalue weighted by atomic mass is 16.4. The van der Waals surface area contributed by atoms with Gasteiger partial charge in [0.2, 0.25) is 5.91 Å². The van der Waals surface area contributed by atoms with Crippen LogP contribution in [0.4, 0.5) is 5.69 Å². The molecule has 1 saturated heterocycles. The van der Waals surface area contributed by atoms with E-state index >= 15 is 0 Å². The zero-order valence-corrected chi connectivity index (χ0v) is 11.4. The van der Waals surface area contributed by atoms with E-state index in [2.05, 4.69) is 0 Å². The first-order valence-corrected chi connectivity index (χ1v) is 6.37. The highest BCUT2D eigenvalue weighted by molar-refractivity contribution is 6.22. The number of rotatable bonds is 4. The van der Waals surface area contributed by atoms with Crippen LogP contribution in [-0.4, -0.2) is 30.4 Å². The maximum atomic E-state index is 12.2. The third-order valence-corrected chi connectivity index (χ3v) is 3.34. The summed E-state index contributed by atoms with van der Waals surface area (Å²) < 4.78 is 0. The molecule has 1 aromatic carbocycles. The summed E-state index contributed by atoms with van der Waals surface area (Å²) in [6.45, 7) is 3.44. The van der Waals surface area contributed by atoms with Gasteiger partial charge in [-0.2, -0.15) is 0 Å². The van der Waals surface area contributed by atoms with Gasteiger partial charge in [0.25, 0.3) is 5.91 Å². The first kappa shape index (κ1) is 14.2. The van der Waals surface area contributed by atoms with Crippen molar-refractivity contribution in [3.8, 4) is 0 Å². The summed E-state index contributed by atoms with van der Waals surface area (Å²) in [5, 5.41) is 11.8. The fraction of sp³-hybridized carbons (Fsp3) is 0.357. The maximum Gasteiger partial charge on any atom is 0.292 e. The van der Waals surface area contributed by atoms with E-state index in [9.17, 15) is 19.5 Å². The van der Waals surface area contributed by atoms with Crippen LogP contribution in [-0.2, 0) is 14.4 Å². The minimum Gasteiger partial charge on any atom is -0.544 e. The Morgan fingerprint density at radius 1 is 1.40 bits per heavy atom. The standard InChI is InChI=1S/C14H16N2O4/c1-8-3-4-11(9(2)5-8)16-12(17)6-10(14(16)20)15-7-13(18)19/h3-5,10,15H,6-7H2,1-2H3,(H,18,19)/t10-/m1/s1. The summed E-state index contributed by atoms with van der Waals surface area (Å²) in [6.07, 6.45) is 0.0133. The number of aryl methyl sites for hydroxylation is 2. The Morgan fingerprint density at radius 3 is 2.70 bits per heavy atom. The molecule has 6 nitrogen and oxygen atoms in total. The van der Waals surface area contributed by atoms with Gasteiger partial charge < -0.3 is 15.2 Å². The number of quaternary nitrogens is 1. The number of benzene rings is 1. The van der Waals surface area contributed by atoms with Crippen LogP contribution in [0.2, 0.25) is 0 Å². The summed E-state index contributed by atoms with van der Waals surface area (Å²) in [5.41, 5.74) is 2.45. The van der Waals surface area contributed by atoms with Gasteiger partial charge in [-0.15, -0.1) is 0 Å². The molecular weight excluding hydrogens is 260 g/mol. The number of carbonyl (C=O) groups excluding carboxylic acids is 3. The van der Waals surface area contributed by atoms with Gasteiger partial charge in [-0.1, -0.05) is 17.7 Å². The minimum absolute atomic E-state index is 0.0133. The Labute approximate surface area is 116 Å². The van der Waals surface area contributed by atoms with Crippen molar-refractivity contribution in [2.24, 2.45) is 0 Å². The van der Waals surface area contributed by atoms with Crippen molar-refractivity contribution in [2.45, 2.75) is 26.3 Å². The number of nitrogens with two attached hydrogens (primary N) is 1. The number of hydrogen-bond donors (Lipinski definition) is 1. The van der Waals surface area contributed by atoms with Gasteiger partial charge in [0.1, 0.15) is 6.54 Å². The second kappa shape index (κ2) is 5.42. The van der Waals surface area contributed by atoms with Crippen LogP contribution in [0.5, 0.6) is 0 Å². The summed E-state index contributed by atoms with van der Waals surface area (Å²) in [5.74, 6) is -1.93. The van der Waals surface area contributed by atoms with Crippen molar-refractivity contribution < 1.29 is 24.8 Å². The average molecular weight is 276 g/mol. The zero-order valence-electron chi connectivity index (χ0n) is 11.4. The number of carboxylic acid groups (broad SMARTS) is 1. The van der Waals surface area contributed by atoms with Crippen molar-refractivity contribution in [1.82, 2.24) is 0 Å². The van der Waals surface area contributed by atoms with Crippen LogP contribution in [0.15, 0.2) is 18.2 Å². The molecule has 1 atom stereocenters. The van der Waals surface area contributed by atoms with Crippen molar-refractivity contribution in [1.29, 1.82) is 0 Å². The number of aliphatic carboxylic acids is 1. The molecule has 0 spiro atoms. The van der Waals surface area contributed by atoms with E-state index in [0.717, 1.165) is 16.0 Å². The van der Waals surface area contributed by atoms with Crippen LogP contribution in [0.1, 0.15) is 17.5 Å². The number of amides is 2. The Kier molecular flexibility index (Phi) is 3.85. The Balaban J connectivity index is 2.22. The molecular formula is C14H16N2O4. The number of nitrogens with zero attached hydrogens (tertiary/aromatic N) is 1. The number of anilines is 1. The molecule has 0 radical (unpaired) electrons. The van der Waals surface area contributed by atoms with Gasteiger partial charge in [-0.25, -0.2) is 4.90 Å². The Hall–Kier alpha value is -2.21. The Morgan fingerprint density at radius 2 is 2.10 bits per heavy atom. The number of imide groups is 1. The van der Waals surface area contributed by atoms with Crippen molar-refractivity contribution in [3.63, 3.8) is 0 Å². The monoisotopic (exact) mass is 276 g/mol. The maximum absolute atomic E-state index is 12.2. The zero-order chi connectivity index (χ0) is 14.9. The normalized spacial score (nSPS) is 18.7. The molecule has 1 aliphatic heterocycles. The highest BCUT2D eigenvalue weighted by Gasteiger charge is 2.42. The molecule has 0 unspecified atom stereocenters. The molecule has 1 aliphatic rings. The van der Waals surface area contributed by atoms with Crippen LogP contribution >= 0.6 is 0 Å². The van der Waals surface area contributed by atoms with Crippen LogP contribution in [0, 0.1) is 13.8 Å². The molecule has 20 heavy (non-hydrogen) atoms. The van der Waals surface area contributed by atoms with Gasteiger partial charge in [-0.05, 0) is 25.5 Å². The average Bonchev–Trinajstić information content (AvgIpc) is 2.63. The van der Waals surface area contributed by atoms with Crippen LogP contribution in [0.3, 0.4) is 0 Å². The summed E-state index contributed by atoms with van der Waals surface area (Å²) in [6, 6.07) is 4.79. The lowest BCUT2D eigenvalue weighted by Crippen LogP contribution is -2.93. The van der Waals surface area contributed by atoms with Gasteiger partial charge in [0.15, 0.2) is 6.04 Å². The van der Waals surface area contributed by atoms with Gasteiger partial charge in [0, 0.05) is 0 Å². The van der Waals surface area contributed by atoms with Gasteiger partial charge in [-0.3, -0.25) is 9.59 Å². The number of carboxylic acids is 1. The summed E-state index contributed by atoms with van der Waals surface area (Å²) in [4.78, 5) is 35.8. The lowest BCUT2D eigenvalue weighted by Gasteiger charge is -2.17. The summed E-state index contributed by atoms with van der Waals surface area (Å²) >= 11 is 0. The molecule has 6 heteroatoms. The molecule has 1 heterocycles. The second-order valence-corrected chi connectivity index (χ2v) is 4.98. The fourth-order valence-corrected chi connectivity index (χ4v) is 2.39. The SMILES string of the molecule is Cc1ccc(N2C(=O)C[C@@H]([NH2+]CC(=O)[O-])C2=O)c(C)c1. The van der Waals surface area contributed by atoms with E-state index in [1.54, 1.807) is 6.07 Å². The van der Waals surface area contributed by atoms with E-state index in [4.69, 9.17) is 0 Å². The molecule has 2 rings (SSSR count). The van der Waals surface area contributed by atoms with E-state index < -0.39 is 12.0 Å². The quantitative estimate of drug-likeness (QED) is 0.660. The first-order valence-electron chi connectivity index (χ1n) is 6.37. The molecule has 106 valence electrons.